The summed E-state index contributed by atoms with van der Waals surface area (Å²) in [4.78, 5) is 28.4. The largest absolute Gasteiger partial charge is 0.497 e. The van der Waals surface area contributed by atoms with E-state index in [-0.39, 0.29) is 12.3 Å². The zero-order valence-corrected chi connectivity index (χ0v) is 22.6. The van der Waals surface area contributed by atoms with Gasteiger partial charge >= 0.3 is 6.09 Å². The zero-order chi connectivity index (χ0) is 26.4. The molecule has 1 aliphatic rings. The number of amides is 2. The molecule has 0 radical (unpaired) electrons. The first-order valence-electron chi connectivity index (χ1n) is 11.9. The second kappa shape index (κ2) is 12.3. The molecule has 4 rings (SSSR count). The third kappa shape index (κ3) is 7.38. The maximum atomic E-state index is 13.4. The summed E-state index contributed by atoms with van der Waals surface area (Å²) in [6, 6.07) is 13.6. The lowest BCUT2D eigenvalue weighted by atomic mass is 10.0. The van der Waals surface area contributed by atoms with Gasteiger partial charge in [-0.3, -0.25) is 4.79 Å². The molecule has 2 aromatic carbocycles. The molecular weight excluding hydrogens is 514 g/mol. The Kier molecular flexibility index (Phi) is 8.91. The number of methoxy groups -OCH3 is 2. The summed E-state index contributed by atoms with van der Waals surface area (Å²) in [5.41, 5.74) is 3.94. The number of carbonyl (C=O) groups is 2. The van der Waals surface area contributed by atoms with Crippen LogP contribution in [0.4, 0.5) is 10.5 Å². The molecule has 1 atom stereocenters. The average molecular weight is 544 g/mol. The highest BCUT2D eigenvalue weighted by atomic mass is 35.5. The molecule has 0 aliphatic carbocycles. The highest BCUT2D eigenvalue weighted by Crippen LogP contribution is 2.28. The normalized spacial score (nSPS) is 14.2. The van der Waals surface area contributed by atoms with E-state index < -0.39 is 12.1 Å². The number of likely N-dealkylation sites (N-methyl/N-ethyl adjacent to an activating group) is 1. The lowest BCUT2D eigenvalue weighted by Crippen LogP contribution is -2.46. The number of carbonyl (C=O) groups excluding carboxylic acids is 2. The minimum atomic E-state index is -0.926. The monoisotopic (exact) mass is 543 g/mol. The van der Waals surface area contributed by atoms with Crippen LogP contribution in [0.2, 0.25) is 4.34 Å². The molecule has 3 aromatic rings. The molecule has 2 heterocycles. The van der Waals surface area contributed by atoms with Crippen LogP contribution in [-0.4, -0.2) is 57.3 Å². The summed E-state index contributed by atoms with van der Waals surface area (Å²) in [6.07, 6.45) is 1.32. The van der Waals surface area contributed by atoms with Crippen molar-refractivity contribution < 1.29 is 23.8 Å². The number of rotatable bonds is 8. The fourth-order valence-electron chi connectivity index (χ4n) is 4.19. The number of anilines is 1. The number of hydrogen-bond acceptors (Lipinski definition) is 7. The molecule has 8 nitrogen and oxygen atoms in total. The molecule has 0 fully saturated rings. The molecule has 0 bridgehead atoms. The van der Waals surface area contributed by atoms with Gasteiger partial charge in [-0.05, 0) is 73.0 Å². The third-order valence-corrected chi connectivity index (χ3v) is 7.31. The fraction of sp³-hybridized carbons (Fsp3) is 0.333. The van der Waals surface area contributed by atoms with Crippen molar-refractivity contribution in [2.75, 3.05) is 39.7 Å². The molecule has 196 valence electrons. The Morgan fingerprint density at radius 2 is 1.70 bits per heavy atom. The lowest BCUT2D eigenvalue weighted by Gasteiger charge is -2.19. The number of hydrogen-bond donors (Lipinski definition) is 2. The molecule has 1 unspecified atom stereocenters. The second-order valence-corrected chi connectivity index (χ2v) is 10.5. The molecule has 0 spiro atoms. The minimum absolute atomic E-state index is 0.190. The Morgan fingerprint density at radius 1 is 1.00 bits per heavy atom. The number of fused-ring (bicyclic) bond motifs is 1. The quantitative estimate of drug-likeness (QED) is 0.425. The van der Waals surface area contributed by atoms with Crippen molar-refractivity contribution in [1.29, 1.82) is 0 Å². The van der Waals surface area contributed by atoms with Crippen molar-refractivity contribution in [3.8, 4) is 16.6 Å². The Bertz CT molecular complexity index is 1240. The third-order valence-electron chi connectivity index (χ3n) is 6.20. The summed E-state index contributed by atoms with van der Waals surface area (Å²) in [5, 5.41) is 6.00. The summed E-state index contributed by atoms with van der Waals surface area (Å²) in [5.74, 6) is 0.800. The van der Waals surface area contributed by atoms with Crippen LogP contribution >= 0.6 is 22.9 Å². The van der Waals surface area contributed by atoms with E-state index in [9.17, 15) is 9.59 Å². The van der Waals surface area contributed by atoms with Gasteiger partial charge in [0.2, 0.25) is 5.91 Å². The number of ether oxygens (including phenoxy) is 3. The Hall–Kier alpha value is -3.27. The fourth-order valence-corrected chi connectivity index (χ4v) is 5.06. The van der Waals surface area contributed by atoms with E-state index >= 15 is 0 Å². The summed E-state index contributed by atoms with van der Waals surface area (Å²) in [7, 11) is 5.23. The van der Waals surface area contributed by atoms with Crippen LogP contribution in [0.3, 0.4) is 0 Å². The summed E-state index contributed by atoms with van der Waals surface area (Å²) < 4.78 is 16.6. The van der Waals surface area contributed by atoms with Crippen molar-refractivity contribution in [3.63, 3.8) is 0 Å². The van der Waals surface area contributed by atoms with Gasteiger partial charge in [-0.1, -0.05) is 29.0 Å². The van der Waals surface area contributed by atoms with Gasteiger partial charge in [0, 0.05) is 31.3 Å². The average Bonchev–Trinajstić information content (AvgIpc) is 3.20. The Morgan fingerprint density at radius 3 is 2.35 bits per heavy atom. The predicted octanol–water partition coefficient (Wildman–Crippen LogP) is 4.79. The van der Waals surface area contributed by atoms with Gasteiger partial charge in [-0.2, -0.15) is 0 Å². The van der Waals surface area contributed by atoms with E-state index in [2.05, 4.69) is 28.6 Å². The zero-order valence-electron chi connectivity index (χ0n) is 21.0. The van der Waals surface area contributed by atoms with Crippen LogP contribution in [0.25, 0.3) is 0 Å². The van der Waals surface area contributed by atoms with Gasteiger partial charge < -0.3 is 29.7 Å². The number of halogens is 1. The maximum Gasteiger partial charge on any atom is 0.414 e. The van der Waals surface area contributed by atoms with Crippen LogP contribution in [0.1, 0.15) is 16.7 Å². The van der Waals surface area contributed by atoms with Crippen LogP contribution < -0.4 is 24.8 Å². The first-order valence-corrected chi connectivity index (χ1v) is 13.1. The molecule has 1 aromatic heterocycles. The van der Waals surface area contributed by atoms with Gasteiger partial charge in [-0.15, -0.1) is 0 Å². The first-order chi connectivity index (χ1) is 17.8. The molecule has 0 saturated heterocycles. The van der Waals surface area contributed by atoms with E-state index in [4.69, 9.17) is 25.8 Å². The van der Waals surface area contributed by atoms with Crippen LogP contribution in [-0.2, 0) is 24.1 Å². The molecule has 2 amide bonds. The van der Waals surface area contributed by atoms with Crippen LogP contribution in [0, 0.1) is 0 Å². The molecule has 0 saturated carbocycles. The molecule has 37 heavy (non-hydrogen) atoms. The minimum Gasteiger partial charge on any atom is -0.497 e. The molecule has 2 N–H and O–H groups in total. The van der Waals surface area contributed by atoms with Crippen LogP contribution in [0.5, 0.6) is 16.6 Å². The Labute approximate surface area is 225 Å². The van der Waals surface area contributed by atoms with Gasteiger partial charge in [-0.25, -0.2) is 4.79 Å². The van der Waals surface area contributed by atoms with Crippen molar-refractivity contribution in [3.05, 3.63) is 69.6 Å². The summed E-state index contributed by atoms with van der Waals surface area (Å²) in [6.45, 7) is 1.97. The number of benzene rings is 2. The van der Waals surface area contributed by atoms with Crippen molar-refractivity contribution >= 4 is 40.6 Å². The second-order valence-electron chi connectivity index (χ2n) is 8.85. The predicted molar refractivity (Wildman–Crippen MR) is 146 cm³/mol. The molecular formula is C27H30ClN3O5S. The lowest BCUT2D eigenvalue weighted by molar-refractivity contribution is -0.118. The Balaban J connectivity index is 1.54. The van der Waals surface area contributed by atoms with Gasteiger partial charge in [0.05, 0.1) is 18.6 Å². The number of thiophene rings is 1. The van der Waals surface area contributed by atoms with Crippen LogP contribution in [0.15, 0.2) is 48.5 Å². The highest BCUT2D eigenvalue weighted by molar-refractivity contribution is 7.17. The summed E-state index contributed by atoms with van der Waals surface area (Å²) >= 11 is 7.07. The first kappa shape index (κ1) is 26.8. The maximum absolute atomic E-state index is 13.4. The molecule has 1 aliphatic heterocycles. The van der Waals surface area contributed by atoms with E-state index in [0.717, 1.165) is 42.8 Å². The van der Waals surface area contributed by atoms with E-state index in [1.807, 2.05) is 12.1 Å². The topological polar surface area (TPSA) is 89.1 Å². The van der Waals surface area contributed by atoms with E-state index in [1.165, 1.54) is 11.1 Å². The van der Waals surface area contributed by atoms with E-state index in [0.29, 0.717) is 26.6 Å². The SMILES string of the molecule is COc1cc(CC(NC(=O)Oc2ccc(Cl)s2)C(=O)Nc2ccc3c(c2)CCN(C)CC3)cc(OC)c1. The number of nitrogens with one attached hydrogen (secondary N) is 2. The smallest absolute Gasteiger partial charge is 0.414 e. The van der Waals surface area contributed by atoms with Crippen molar-refractivity contribution in [2.45, 2.75) is 25.3 Å². The van der Waals surface area contributed by atoms with Gasteiger partial charge in [0.1, 0.15) is 17.5 Å². The standard InChI is InChI=1S/C27H30ClN3O5S/c1-31-10-8-18-4-5-20(15-19(18)9-11-31)29-26(32)23(30-27(33)36-25-7-6-24(28)37-25)14-17-12-21(34-2)16-22(13-17)35-3/h4-7,12-13,15-16,23H,8-11,14H2,1-3H3,(H,29,32)(H,30,33). The number of nitrogens with zero attached hydrogens (tertiary/aromatic N) is 1. The van der Waals surface area contributed by atoms with Gasteiger partial charge in [0.15, 0.2) is 5.06 Å². The highest BCUT2D eigenvalue weighted by Gasteiger charge is 2.24. The van der Waals surface area contributed by atoms with Crippen molar-refractivity contribution in [2.24, 2.45) is 0 Å². The van der Waals surface area contributed by atoms with Crippen molar-refractivity contribution in [1.82, 2.24) is 10.2 Å². The molecule has 10 heteroatoms. The van der Waals surface area contributed by atoms with E-state index in [1.54, 1.807) is 44.6 Å². The van der Waals surface area contributed by atoms with Gasteiger partial charge in [0.25, 0.3) is 0 Å².